The summed E-state index contributed by atoms with van der Waals surface area (Å²) in [6, 6.07) is 5.71. The Kier molecular flexibility index (Phi) is 4.43. The third-order valence-corrected chi connectivity index (χ3v) is 1.93. The van der Waals surface area contributed by atoms with Crippen LogP contribution in [0.25, 0.3) is 0 Å². The zero-order valence-corrected chi connectivity index (χ0v) is 8.07. The molecule has 0 atom stereocenters. The summed E-state index contributed by atoms with van der Waals surface area (Å²) >= 11 is 0. The number of aryl methyl sites for hydroxylation is 1. The van der Waals surface area contributed by atoms with Gasteiger partial charge in [-0.15, -0.1) is 12.3 Å². The molecule has 0 aliphatic rings. The average Bonchev–Trinajstić information content (AvgIpc) is 2.25. The SMILES string of the molecule is C#CCCC(=O)CCc1ccccn1. The third kappa shape index (κ3) is 3.86. The minimum atomic E-state index is 0.216. The molecule has 2 heteroatoms. The van der Waals surface area contributed by atoms with E-state index in [1.807, 2.05) is 18.2 Å². The Morgan fingerprint density at radius 1 is 1.43 bits per heavy atom. The molecule has 0 bridgehead atoms. The van der Waals surface area contributed by atoms with Gasteiger partial charge in [0, 0.05) is 31.2 Å². The van der Waals surface area contributed by atoms with Crippen LogP contribution in [0.3, 0.4) is 0 Å². The second-order valence-electron chi connectivity index (χ2n) is 3.06. The zero-order valence-electron chi connectivity index (χ0n) is 8.07. The summed E-state index contributed by atoms with van der Waals surface area (Å²) in [5.74, 6) is 2.68. The maximum absolute atomic E-state index is 11.3. The van der Waals surface area contributed by atoms with Crippen LogP contribution >= 0.6 is 0 Å². The largest absolute Gasteiger partial charge is 0.300 e. The van der Waals surface area contributed by atoms with Crippen LogP contribution in [0.15, 0.2) is 24.4 Å². The number of carbonyl (C=O) groups is 1. The molecule has 72 valence electrons. The second-order valence-corrected chi connectivity index (χ2v) is 3.06. The number of hydrogen-bond donors (Lipinski definition) is 0. The van der Waals surface area contributed by atoms with Crippen LogP contribution in [0.2, 0.25) is 0 Å². The molecule has 0 radical (unpaired) electrons. The van der Waals surface area contributed by atoms with Gasteiger partial charge in [-0.1, -0.05) is 6.07 Å². The zero-order chi connectivity index (χ0) is 10.2. The molecule has 0 aliphatic carbocycles. The van der Waals surface area contributed by atoms with Crippen molar-refractivity contribution in [3.05, 3.63) is 30.1 Å². The molecular weight excluding hydrogens is 174 g/mol. The lowest BCUT2D eigenvalue weighted by Gasteiger charge is -1.98. The molecule has 2 nitrogen and oxygen atoms in total. The van der Waals surface area contributed by atoms with Gasteiger partial charge in [0.1, 0.15) is 5.78 Å². The molecule has 1 aromatic heterocycles. The van der Waals surface area contributed by atoms with E-state index >= 15 is 0 Å². The number of pyridine rings is 1. The predicted octanol–water partition coefficient (Wildman–Crippen LogP) is 2.00. The van der Waals surface area contributed by atoms with Crippen molar-refractivity contribution in [1.82, 2.24) is 4.98 Å². The Balaban J connectivity index is 2.28. The Labute approximate surface area is 84.4 Å². The summed E-state index contributed by atoms with van der Waals surface area (Å²) < 4.78 is 0. The van der Waals surface area contributed by atoms with Gasteiger partial charge in [0.2, 0.25) is 0 Å². The van der Waals surface area contributed by atoms with E-state index in [0.29, 0.717) is 25.7 Å². The molecule has 0 aromatic carbocycles. The first-order valence-corrected chi connectivity index (χ1v) is 4.68. The van der Waals surface area contributed by atoms with Gasteiger partial charge in [-0.25, -0.2) is 0 Å². The van der Waals surface area contributed by atoms with Crippen molar-refractivity contribution in [2.45, 2.75) is 25.7 Å². The number of ketones is 1. The number of rotatable bonds is 5. The number of nitrogens with zero attached hydrogens (tertiary/aromatic N) is 1. The average molecular weight is 187 g/mol. The van der Waals surface area contributed by atoms with E-state index in [9.17, 15) is 4.79 Å². The van der Waals surface area contributed by atoms with Crippen LogP contribution in [-0.4, -0.2) is 10.8 Å². The van der Waals surface area contributed by atoms with Crippen LogP contribution in [0.1, 0.15) is 25.0 Å². The van der Waals surface area contributed by atoms with Gasteiger partial charge in [0.15, 0.2) is 0 Å². The summed E-state index contributed by atoms with van der Waals surface area (Å²) in [6.45, 7) is 0. The molecule has 0 amide bonds. The van der Waals surface area contributed by atoms with Gasteiger partial charge in [0.25, 0.3) is 0 Å². The van der Waals surface area contributed by atoms with Gasteiger partial charge < -0.3 is 0 Å². The Morgan fingerprint density at radius 2 is 2.29 bits per heavy atom. The van der Waals surface area contributed by atoms with Crippen LogP contribution in [0.4, 0.5) is 0 Å². The van der Waals surface area contributed by atoms with Crippen molar-refractivity contribution in [2.75, 3.05) is 0 Å². The molecular formula is C12H13NO. The minimum absolute atomic E-state index is 0.216. The van der Waals surface area contributed by atoms with Gasteiger partial charge in [-0.2, -0.15) is 0 Å². The number of terminal acetylenes is 1. The quantitative estimate of drug-likeness (QED) is 0.660. The van der Waals surface area contributed by atoms with Gasteiger partial charge in [-0.05, 0) is 18.6 Å². The van der Waals surface area contributed by atoms with Crippen molar-refractivity contribution in [3.63, 3.8) is 0 Å². The molecule has 0 spiro atoms. The summed E-state index contributed by atoms with van der Waals surface area (Å²) in [5, 5.41) is 0. The standard InChI is InChI=1S/C12H13NO/c1-2-3-7-12(14)9-8-11-6-4-5-10-13-11/h1,4-6,10H,3,7-9H2. The highest BCUT2D eigenvalue weighted by Crippen LogP contribution is 2.01. The smallest absolute Gasteiger partial charge is 0.134 e. The highest BCUT2D eigenvalue weighted by molar-refractivity contribution is 5.78. The van der Waals surface area contributed by atoms with Crippen LogP contribution in [-0.2, 0) is 11.2 Å². The molecule has 1 rings (SSSR count). The first-order chi connectivity index (χ1) is 6.83. The minimum Gasteiger partial charge on any atom is -0.300 e. The number of aromatic nitrogens is 1. The molecule has 0 saturated carbocycles. The lowest BCUT2D eigenvalue weighted by Crippen LogP contribution is -2.00. The molecule has 0 unspecified atom stereocenters. The maximum atomic E-state index is 11.3. The van der Waals surface area contributed by atoms with Crippen LogP contribution in [0.5, 0.6) is 0 Å². The van der Waals surface area contributed by atoms with E-state index in [1.54, 1.807) is 6.20 Å². The van der Waals surface area contributed by atoms with Crippen molar-refractivity contribution >= 4 is 5.78 Å². The lowest BCUT2D eigenvalue weighted by molar-refractivity contribution is -0.118. The van der Waals surface area contributed by atoms with Gasteiger partial charge >= 0.3 is 0 Å². The highest BCUT2D eigenvalue weighted by atomic mass is 16.1. The van der Waals surface area contributed by atoms with Crippen LogP contribution in [0, 0.1) is 12.3 Å². The Morgan fingerprint density at radius 3 is 2.93 bits per heavy atom. The molecule has 0 saturated heterocycles. The third-order valence-electron chi connectivity index (χ3n) is 1.93. The van der Waals surface area contributed by atoms with Crippen molar-refractivity contribution in [1.29, 1.82) is 0 Å². The highest BCUT2D eigenvalue weighted by Gasteiger charge is 2.01. The molecule has 0 aliphatic heterocycles. The number of hydrogen-bond acceptors (Lipinski definition) is 2. The number of carbonyl (C=O) groups excluding carboxylic acids is 1. The first kappa shape index (κ1) is 10.5. The molecule has 0 fully saturated rings. The fourth-order valence-electron chi connectivity index (χ4n) is 1.15. The van der Waals surface area contributed by atoms with Gasteiger partial charge in [0.05, 0.1) is 0 Å². The molecule has 1 aromatic rings. The topological polar surface area (TPSA) is 30.0 Å². The van der Waals surface area contributed by atoms with E-state index in [4.69, 9.17) is 6.42 Å². The monoisotopic (exact) mass is 187 g/mol. The van der Waals surface area contributed by atoms with E-state index in [-0.39, 0.29) is 5.78 Å². The maximum Gasteiger partial charge on any atom is 0.134 e. The van der Waals surface area contributed by atoms with Crippen molar-refractivity contribution < 1.29 is 4.79 Å². The second kappa shape index (κ2) is 5.93. The summed E-state index contributed by atoms with van der Waals surface area (Å²) in [7, 11) is 0. The Hall–Kier alpha value is -1.62. The summed E-state index contributed by atoms with van der Waals surface area (Å²) in [5.41, 5.74) is 0.960. The molecule has 1 heterocycles. The lowest BCUT2D eigenvalue weighted by atomic mass is 10.1. The van der Waals surface area contributed by atoms with E-state index in [0.717, 1.165) is 5.69 Å². The van der Waals surface area contributed by atoms with Crippen molar-refractivity contribution in [3.8, 4) is 12.3 Å². The Bertz CT molecular complexity index is 324. The fourth-order valence-corrected chi connectivity index (χ4v) is 1.15. The van der Waals surface area contributed by atoms with Crippen LogP contribution < -0.4 is 0 Å². The number of Topliss-reactive ketones (excluding diaryl/α,β-unsaturated/α-hetero) is 1. The van der Waals surface area contributed by atoms with Crippen molar-refractivity contribution in [2.24, 2.45) is 0 Å². The normalized spacial score (nSPS) is 9.36. The summed E-state index contributed by atoms with van der Waals surface area (Å²) in [6.07, 6.45) is 9.09. The van der Waals surface area contributed by atoms with E-state index < -0.39 is 0 Å². The fraction of sp³-hybridized carbons (Fsp3) is 0.333. The van der Waals surface area contributed by atoms with E-state index in [2.05, 4.69) is 10.9 Å². The van der Waals surface area contributed by atoms with Gasteiger partial charge in [-0.3, -0.25) is 9.78 Å². The van der Waals surface area contributed by atoms with E-state index in [1.165, 1.54) is 0 Å². The molecule has 0 N–H and O–H groups in total. The summed E-state index contributed by atoms with van der Waals surface area (Å²) in [4.78, 5) is 15.4. The molecule has 14 heavy (non-hydrogen) atoms. The first-order valence-electron chi connectivity index (χ1n) is 4.68. The predicted molar refractivity (Wildman–Crippen MR) is 55.6 cm³/mol.